The summed E-state index contributed by atoms with van der Waals surface area (Å²) in [5, 5.41) is 12.9. The van der Waals surface area contributed by atoms with Crippen LogP contribution in [0.4, 0.5) is 5.13 Å². The monoisotopic (exact) mass is 286 g/mol. The number of carbonyl (C=O) groups excluding carboxylic acids is 3. The minimum Gasteiger partial charge on any atom is -0.337 e. The highest BCUT2D eigenvalue weighted by Crippen LogP contribution is 2.19. The molecule has 0 saturated carbocycles. The molecule has 0 unspecified atom stereocenters. The number of nitrogens with one attached hydrogen (secondary N) is 2. The van der Waals surface area contributed by atoms with Crippen LogP contribution in [-0.2, 0) is 14.4 Å². The molecule has 0 radical (unpaired) electrons. The number of amides is 2. The zero-order chi connectivity index (χ0) is 13.1. The van der Waals surface area contributed by atoms with E-state index in [2.05, 4.69) is 20.8 Å². The van der Waals surface area contributed by atoms with E-state index in [4.69, 9.17) is 0 Å². The number of hydrogen-bond donors (Lipinski definition) is 2. The van der Waals surface area contributed by atoms with Gasteiger partial charge in [0, 0.05) is 5.75 Å². The van der Waals surface area contributed by atoms with Crippen LogP contribution in [0.2, 0.25) is 0 Å². The summed E-state index contributed by atoms with van der Waals surface area (Å²) in [5.41, 5.74) is 0. The van der Waals surface area contributed by atoms with Crippen LogP contribution in [-0.4, -0.2) is 38.9 Å². The lowest BCUT2D eigenvalue weighted by Crippen LogP contribution is -2.43. The smallest absolute Gasteiger partial charge is 0.315 e. The van der Waals surface area contributed by atoms with Crippen LogP contribution >= 0.6 is 23.1 Å². The van der Waals surface area contributed by atoms with Gasteiger partial charge < -0.3 is 5.32 Å². The Morgan fingerprint density at radius 1 is 1.33 bits per heavy atom. The fourth-order valence-electron chi connectivity index (χ4n) is 1.35. The second-order valence-corrected chi connectivity index (χ2v) is 5.84. The maximum atomic E-state index is 11.5. The molecular weight excluding hydrogens is 276 g/mol. The Hall–Kier alpha value is -1.48. The molecule has 1 aliphatic rings. The summed E-state index contributed by atoms with van der Waals surface area (Å²) in [6.45, 7) is 1.74. The molecule has 1 aliphatic heterocycles. The van der Waals surface area contributed by atoms with Crippen LogP contribution in [0.5, 0.6) is 0 Å². The Bertz CT molecular complexity index is 502. The van der Waals surface area contributed by atoms with E-state index in [9.17, 15) is 14.4 Å². The molecule has 0 spiro atoms. The number of nitrogens with zero attached hydrogens (tertiary/aromatic N) is 2. The molecule has 2 amide bonds. The van der Waals surface area contributed by atoms with Gasteiger partial charge in [-0.3, -0.25) is 19.7 Å². The van der Waals surface area contributed by atoms with Gasteiger partial charge in [0.1, 0.15) is 5.01 Å². The predicted octanol–water partition coefficient (Wildman–Crippen LogP) is -0.0667. The summed E-state index contributed by atoms with van der Waals surface area (Å²) >= 11 is 2.33. The minimum atomic E-state index is -0.837. The van der Waals surface area contributed by atoms with Crippen molar-refractivity contribution in [2.24, 2.45) is 0 Å². The van der Waals surface area contributed by atoms with Gasteiger partial charge in [0.25, 0.3) is 0 Å². The molecule has 2 heterocycles. The molecule has 9 heteroatoms. The van der Waals surface area contributed by atoms with E-state index in [1.165, 1.54) is 11.3 Å². The third kappa shape index (κ3) is 3.05. The van der Waals surface area contributed by atoms with Crippen molar-refractivity contribution >= 4 is 45.2 Å². The van der Waals surface area contributed by atoms with Crippen molar-refractivity contribution in [1.82, 2.24) is 15.5 Å². The average molecular weight is 286 g/mol. The summed E-state index contributed by atoms with van der Waals surface area (Å²) in [6, 6.07) is -0.565. The zero-order valence-corrected chi connectivity index (χ0v) is 11.1. The number of hydrogen-bond acceptors (Lipinski definition) is 7. The lowest BCUT2D eigenvalue weighted by atomic mass is 10.2. The van der Waals surface area contributed by atoms with Crippen molar-refractivity contribution in [3.63, 3.8) is 0 Å². The number of carbonyl (C=O) groups is 3. The molecule has 2 rings (SSSR count). The quantitative estimate of drug-likeness (QED) is 0.738. The first-order valence-corrected chi connectivity index (χ1v) is 6.95. The zero-order valence-electron chi connectivity index (χ0n) is 9.43. The third-order valence-corrected chi connectivity index (χ3v) is 3.96. The van der Waals surface area contributed by atoms with Crippen molar-refractivity contribution in [3.8, 4) is 0 Å². The van der Waals surface area contributed by atoms with Gasteiger partial charge in [-0.05, 0) is 13.3 Å². The standard InChI is InChI=1S/C9H10N4O3S2/c1-4-12-13-9(18-4)11-7(15)6(14)10-5-2-3-17-8(5)16/h5H,2-3H2,1H3,(H,10,14)(H,11,13,15)/t5-/m1/s1. The predicted molar refractivity (Wildman–Crippen MR) is 67.3 cm³/mol. The number of aryl methyl sites for hydroxylation is 1. The van der Waals surface area contributed by atoms with Crippen LogP contribution in [0.1, 0.15) is 11.4 Å². The summed E-state index contributed by atoms with van der Waals surface area (Å²) < 4.78 is 0. The highest BCUT2D eigenvalue weighted by molar-refractivity contribution is 8.14. The Morgan fingerprint density at radius 3 is 2.67 bits per heavy atom. The van der Waals surface area contributed by atoms with Crippen molar-refractivity contribution < 1.29 is 14.4 Å². The molecule has 1 fully saturated rings. The van der Waals surface area contributed by atoms with Gasteiger partial charge in [-0.1, -0.05) is 23.1 Å². The number of anilines is 1. The molecule has 0 aromatic carbocycles. The molecule has 7 nitrogen and oxygen atoms in total. The van der Waals surface area contributed by atoms with Crippen LogP contribution in [0.25, 0.3) is 0 Å². The molecule has 0 bridgehead atoms. The summed E-state index contributed by atoms with van der Waals surface area (Å²) in [4.78, 5) is 34.3. The molecule has 1 aromatic rings. The van der Waals surface area contributed by atoms with Gasteiger partial charge in [0.2, 0.25) is 10.2 Å². The number of aromatic nitrogens is 2. The van der Waals surface area contributed by atoms with Gasteiger partial charge in [-0.25, -0.2) is 0 Å². The summed E-state index contributed by atoms with van der Waals surface area (Å²) in [7, 11) is 0. The van der Waals surface area contributed by atoms with Crippen molar-refractivity contribution in [2.75, 3.05) is 11.1 Å². The molecular formula is C9H10N4O3S2. The maximum absolute atomic E-state index is 11.5. The molecule has 1 aromatic heterocycles. The molecule has 18 heavy (non-hydrogen) atoms. The molecule has 1 atom stereocenters. The SMILES string of the molecule is Cc1nnc(NC(=O)C(=O)N[C@@H]2CCSC2=O)s1. The fraction of sp³-hybridized carbons (Fsp3) is 0.444. The average Bonchev–Trinajstić information content (AvgIpc) is 2.89. The number of thioether (sulfide) groups is 1. The topological polar surface area (TPSA) is 101 Å². The van der Waals surface area contributed by atoms with Gasteiger partial charge in [0.05, 0.1) is 6.04 Å². The van der Waals surface area contributed by atoms with Crippen LogP contribution < -0.4 is 10.6 Å². The van der Waals surface area contributed by atoms with E-state index in [0.717, 1.165) is 11.8 Å². The normalized spacial score (nSPS) is 18.7. The molecule has 96 valence electrons. The first-order valence-electron chi connectivity index (χ1n) is 5.15. The lowest BCUT2D eigenvalue weighted by Gasteiger charge is -2.08. The first-order chi connectivity index (χ1) is 8.56. The Morgan fingerprint density at radius 2 is 2.11 bits per heavy atom. The van der Waals surface area contributed by atoms with Gasteiger partial charge >= 0.3 is 11.8 Å². The Labute approximate surface area is 111 Å². The van der Waals surface area contributed by atoms with Crippen molar-refractivity contribution in [2.45, 2.75) is 19.4 Å². The van der Waals surface area contributed by atoms with E-state index >= 15 is 0 Å². The lowest BCUT2D eigenvalue weighted by molar-refractivity contribution is -0.137. The van der Waals surface area contributed by atoms with E-state index < -0.39 is 17.9 Å². The Kier molecular flexibility index (Phi) is 3.92. The molecule has 2 N–H and O–H groups in total. The summed E-state index contributed by atoms with van der Waals surface area (Å²) in [6.07, 6.45) is 0.556. The largest absolute Gasteiger partial charge is 0.337 e. The van der Waals surface area contributed by atoms with E-state index in [1.807, 2.05) is 0 Å². The highest BCUT2D eigenvalue weighted by atomic mass is 32.2. The molecule has 1 saturated heterocycles. The molecule has 0 aliphatic carbocycles. The van der Waals surface area contributed by atoms with Crippen LogP contribution in [0, 0.1) is 6.92 Å². The Balaban J connectivity index is 1.89. The third-order valence-electron chi connectivity index (χ3n) is 2.19. The van der Waals surface area contributed by atoms with E-state index in [1.54, 1.807) is 6.92 Å². The number of rotatable bonds is 2. The van der Waals surface area contributed by atoms with Gasteiger partial charge in [-0.2, -0.15) is 0 Å². The van der Waals surface area contributed by atoms with Crippen LogP contribution in [0.3, 0.4) is 0 Å². The fourth-order valence-corrected chi connectivity index (χ4v) is 2.87. The second kappa shape index (κ2) is 5.44. The van der Waals surface area contributed by atoms with Crippen molar-refractivity contribution in [3.05, 3.63) is 5.01 Å². The van der Waals surface area contributed by atoms with Crippen LogP contribution in [0.15, 0.2) is 0 Å². The minimum absolute atomic E-state index is 0.108. The van der Waals surface area contributed by atoms with E-state index in [-0.39, 0.29) is 10.2 Å². The first kappa shape index (κ1) is 13.0. The van der Waals surface area contributed by atoms with Gasteiger partial charge in [-0.15, -0.1) is 10.2 Å². The van der Waals surface area contributed by atoms with E-state index in [0.29, 0.717) is 17.2 Å². The van der Waals surface area contributed by atoms with Crippen molar-refractivity contribution in [1.29, 1.82) is 0 Å². The summed E-state index contributed by atoms with van der Waals surface area (Å²) in [5.74, 6) is -0.999. The highest BCUT2D eigenvalue weighted by Gasteiger charge is 2.29. The second-order valence-electron chi connectivity index (χ2n) is 3.56. The van der Waals surface area contributed by atoms with Gasteiger partial charge in [0.15, 0.2) is 0 Å². The maximum Gasteiger partial charge on any atom is 0.315 e.